The topological polar surface area (TPSA) is 77.5 Å². The molecule has 3 rings (SSSR count). The van der Waals surface area contributed by atoms with Gasteiger partial charge in [-0.1, -0.05) is 31.0 Å². The predicted molar refractivity (Wildman–Crippen MR) is 110 cm³/mol. The van der Waals surface area contributed by atoms with Crippen LogP contribution < -0.4 is 10.1 Å². The number of amides is 1. The maximum atomic E-state index is 12.4. The smallest absolute Gasteiger partial charge is 0.331 e. The lowest BCUT2D eigenvalue weighted by molar-refractivity contribution is -0.152. The summed E-state index contributed by atoms with van der Waals surface area (Å²) < 4.78 is 10.9. The van der Waals surface area contributed by atoms with Crippen LogP contribution in [0.15, 0.2) is 54.9 Å². The summed E-state index contributed by atoms with van der Waals surface area (Å²) in [5.41, 5.74) is 0.975. The minimum atomic E-state index is -0.887. The van der Waals surface area contributed by atoms with Gasteiger partial charge in [-0.05, 0) is 49.6 Å². The highest BCUT2D eigenvalue weighted by atomic mass is 16.5. The van der Waals surface area contributed by atoms with E-state index in [-0.39, 0.29) is 11.9 Å². The number of hydrogen-bond acceptors (Lipinski definition) is 5. The van der Waals surface area contributed by atoms with Crippen molar-refractivity contribution >= 4 is 18.0 Å². The monoisotopic (exact) mass is 394 g/mol. The van der Waals surface area contributed by atoms with E-state index in [4.69, 9.17) is 9.47 Å². The average molecular weight is 394 g/mol. The van der Waals surface area contributed by atoms with Crippen molar-refractivity contribution in [2.75, 3.05) is 6.61 Å². The number of carbonyl (C=O) groups is 2. The van der Waals surface area contributed by atoms with Gasteiger partial charge in [0.1, 0.15) is 17.9 Å². The van der Waals surface area contributed by atoms with Gasteiger partial charge in [-0.25, -0.2) is 4.79 Å². The molecule has 29 heavy (non-hydrogen) atoms. The molecule has 1 aromatic heterocycles. The standard InChI is InChI=1S/C23H26N2O4/c1-2-28-22(27)23(13-3-4-14-23)25-21(26)12-9-18-7-10-20(11-8-18)29-17-19-6-5-15-24-16-19/h5-12,15-16H,2-4,13-14,17H2,1H3,(H,25,26)/b12-9+. The molecule has 1 aliphatic carbocycles. The van der Waals surface area contributed by atoms with Crippen molar-refractivity contribution < 1.29 is 19.1 Å². The van der Waals surface area contributed by atoms with Gasteiger partial charge in [-0.15, -0.1) is 0 Å². The van der Waals surface area contributed by atoms with Gasteiger partial charge in [0.2, 0.25) is 5.91 Å². The van der Waals surface area contributed by atoms with Crippen LogP contribution >= 0.6 is 0 Å². The molecule has 0 saturated heterocycles. The number of nitrogens with one attached hydrogen (secondary N) is 1. The fraction of sp³-hybridized carbons (Fsp3) is 0.348. The third-order valence-corrected chi connectivity index (χ3v) is 4.92. The molecule has 1 fully saturated rings. The summed E-state index contributed by atoms with van der Waals surface area (Å²) in [4.78, 5) is 28.7. The van der Waals surface area contributed by atoms with Crippen LogP contribution in [0, 0.1) is 0 Å². The summed E-state index contributed by atoms with van der Waals surface area (Å²) in [7, 11) is 0. The molecule has 152 valence electrons. The van der Waals surface area contributed by atoms with E-state index in [1.54, 1.807) is 25.4 Å². The lowest BCUT2D eigenvalue weighted by Crippen LogP contribution is -2.52. The first kappa shape index (κ1) is 20.6. The van der Waals surface area contributed by atoms with Crippen molar-refractivity contribution in [1.82, 2.24) is 10.3 Å². The van der Waals surface area contributed by atoms with Crippen LogP contribution in [-0.4, -0.2) is 29.0 Å². The highest BCUT2D eigenvalue weighted by Gasteiger charge is 2.43. The number of carbonyl (C=O) groups excluding carboxylic acids is 2. The zero-order valence-electron chi connectivity index (χ0n) is 16.6. The molecule has 0 spiro atoms. The number of nitrogens with zero attached hydrogens (tertiary/aromatic N) is 1. The molecule has 0 aliphatic heterocycles. The van der Waals surface area contributed by atoms with Crippen molar-refractivity contribution in [2.24, 2.45) is 0 Å². The first-order valence-corrected chi connectivity index (χ1v) is 9.90. The Hall–Kier alpha value is -3.15. The third kappa shape index (κ3) is 5.67. The number of aromatic nitrogens is 1. The molecule has 1 amide bonds. The zero-order valence-corrected chi connectivity index (χ0v) is 16.6. The van der Waals surface area contributed by atoms with Crippen molar-refractivity contribution in [1.29, 1.82) is 0 Å². The first-order valence-electron chi connectivity index (χ1n) is 9.90. The van der Waals surface area contributed by atoms with Crippen LogP contribution in [0.5, 0.6) is 5.75 Å². The molecular formula is C23H26N2O4. The van der Waals surface area contributed by atoms with Gasteiger partial charge >= 0.3 is 5.97 Å². The van der Waals surface area contributed by atoms with E-state index in [1.807, 2.05) is 36.4 Å². The molecule has 0 radical (unpaired) electrons. The Morgan fingerprint density at radius 1 is 1.17 bits per heavy atom. The summed E-state index contributed by atoms with van der Waals surface area (Å²) in [5.74, 6) is 0.105. The van der Waals surface area contributed by atoms with Gasteiger partial charge in [0.15, 0.2) is 0 Å². The molecule has 0 bridgehead atoms. The molecule has 1 N–H and O–H groups in total. The van der Waals surface area contributed by atoms with E-state index in [0.717, 1.165) is 29.7 Å². The maximum Gasteiger partial charge on any atom is 0.331 e. The molecule has 0 atom stereocenters. The molecule has 6 heteroatoms. The SMILES string of the molecule is CCOC(=O)C1(NC(=O)/C=C/c2ccc(OCc3cccnc3)cc2)CCCC1. The van der Waals surface area contributed by atoms with E-state index in [9.17, 15) is 9.59 Å². The Balaban J connectivity index is 1.55. The van der Waals surface area contributed by atoms with Gasteiger partial charge in [-0.2, -0.15) is 0 Å². The summed E-state index contributed by atoms with van der Waals surface area (Å²) in [5, 5.41) is 2.87. The summed E-state index contributed by atoms with van der Waals surface area (Å²) in [6.45, 7) is 2.52. The highest BCUT2D eigenvalue weighted by Crippen LogP contribution is 2.31. The second kappa shape index (κ2) is 9.87. The normalized spacial score (nSPS) is 15.2. The lowest BCUT2D eigenvalue weighted by Gasteiger charge is -2.27. The summed E-state index contributed by atoms with van der Waals surface area (Å²) in [6, 6.07) is 11.3. The van der Waals surface area contributed by atoms with Crippen LogP contribution in [-0.2, 0) is 20.9 Å². The van der Waals surface area contributed by atoms with Crippen LogP contribution in [0.4, 0.5) is 0 Å². The van der Waals surface area contributed by atoms with Crippen molar-refractivity contribution in [2.45, 2.75) is 44.8 Å². The Kier molecular flexibility index (Phi) is 7.00. The number of ether oxygens (including phenoxy) is 2. The highest BCUT2D eigenvalue weighted by molar-refractivity contribution is 5.96. The quantitative estimate of drug-likeness (QED) is 0.546. The number of esters is 1. The minimum absolute atomic E-state index is 0.295. The zero-order chi connectivity index (χ0) is 20.5. The molecule has 1 aliphatic rings. The number of rotatable bonds is 8. The van der Waals surface area contributed by atoms with E-state index >= 15 is 0 Å². The van der Waals surface area contributed by atoms with Gasteiger partial charge in [-0.3, -0.25) is 9.78 Å². The fourth-order valence-electron chi connectivity index (χ4n) is 3.40. The van der Waals surface area contributed by atoms with Crippen molar-refractivity contribution in [3.05, 3.63) is 66.0 Å². The van der Waals surface area contributed by atoms with Gasteiger partial charge in [0.05, 0.1) is 6.61 Å². The van der Waals surface area contributed by atoms with Crippen LogP contribution in [0.2, 0.25) is 0 Å². The van der Waals surface area contributed by atoms with Crippen molar-refractivity contribution in [3.8, 4) is 5.75 Å². The van der Waals surface area contributed by atoms with E-state index < -0.39 is 5.54 Å². The third-order valence-electron chi connectivity index (χ3n) is 4.92. The molecule has 6 nitrogen and oxygen atoms in total. The predicted octanol–water partition coefficient (Wildman–Crippen LogP) is 3.67. The van der Waals surface area contributed by atoms with E-state index in [1.165, 1.54) is 6.08 Å². The Labute approximate surface area is 170 Å². The van der Waals surface area contributed by atoms with E-state index in [0.29, 0.717) is 26.1 Å². The fourth-order valence-corrected chi connectivity index (χ4v) is 3.40. The molecule has 2 aromatic rings. The van der Waals surface area contributed by atoms with E-state index in [2.05, 4.69) is 10.3 Å². The number of pyridine rings is 1. The number of hydrogen-bond donors (Lipinski definition) is 1. The summed E-state index contributed by atoms with van der Waals surface area (Å²) in [6.07, 6.45) is 9.71. The molecule has 1 heterocycles. The Morgan fingerprint density at radius 3 is 2.59 bits per heavy atom. The molecule has 0 unspecified atom stereocenters. The first-order chi connectivity index (χ1) is 14.1. The molecular weight excluding hydrogens is 368 g/mol. The lowest BCUT2D eigenvalue weighted by atomic mass is 9.97. The van der Waals surface area contributed by atoms with Crippen LogP contribution in [0.1, 0.15) is 43.7 Å². The maximum absolute atomic E-state index is 12.4. The average Bonchev–Trinajstić information content (AvgIpc) is 3.22. The second-order valence-electron chi connectivity index (χ2n) is 7.05. The largest absolute Gasteiger partial charge is 0.489 e. The Bertz CT molecular complexity index is 841. The van der Waals surface area contributed by atoms with Gasteiger partial charge in [0.25, 0.3) is 0 Å². The Morgan fingerprint density at radius 2 is 1.93 bits per heavy atom. The minimum Gasteiger partial charge on any atom is -0.489 e. The van der Waals surface area contributed by atoms with Crippen LogP contribution in [0.25, 0.3) is 6.08 Å². The van der Waals surface area contributed by atoms with Gasteiger partial charge < -0.3 is 14.8 Å². The summed E-state index contributed by atoms with van der Waals surface area (Å²) >= 11 is 0. The van der Waals surface area contributed by atoms with Crippen LogP contribution in [0.3, 0.4) is 0 Å². The van der Waals surface area contributed by atoms with Gasteiger partial charge in [0, 0.05) is 24.0 Å². The molecule has 1 aromatic carbocycles. The number of benzene rings is 1. The molecule has 1 saturated carbocycles. The second-order valence-corrected chi connectivity index (χ2v) is 7.05. The van der Waals surface area contributed by atoms with Crippen molar-refractivity contribution in [3.63, 3.8) is 0 Å².